The molecule has 1 aliphatic rings. The maximum absolute atomic E-state index is 5.60. The van der Waals surface area contributed by atoms with Gasteiger partial charge in [0.1, 0.15) is 5.82 Å². The fraction of sp³-hybridized carbons (Fsp3) is 0.545. The van der Waals surface area contributed by atoms with Crippen LogP contribution in [0.2, 0.25) is 0 Å². The van der Waals surface area contributed by atoms with Crippen molar-refractivity contribution < 1.29 is 0 Å². The van der Waals surface area contributed by atoms with Crippen molar-refractivity contribution in [1.29, 1.82) is 0 Å². The van der Waals surface area contributed by atoms with Crippen LogP contribution in [-0.2, 0) is 6.54 Å². The van der Waals surface area contributed by atoms with Crippen molar-refractivity contribution in [3.8, 4) is 0 Å². The first kappa shape index (κ1) is 9.46. The Hall–Kier alpha value is -1.09. The lowest BCUT2D eigenvalue weighted by Gasteiger charge is -2.17. The zero-order valence-electron chi connectivity index (χ0n) is 8.61. The van der Waals surface area contributed by atoms with E-state index in [4.69, 9.17) is 5.73 Å². The minimum Gasteiger partial charge on any atom is -0.356 e. The molecule has 1 aromatic rings. The molecule has 2 N–H and O–H groups in total. The molecule has 1 aliphatic heterocycles. The Labute approximate surface area is 84.9 Å². The van der Waals surface area contributed by atoms with Gasteiger partial charge in [-0.1, -0.05) is 6.92 Å². The third kappa shape index (κ3) is 1.87. The van der Waals surface area contributed by atoms with Crippen molar-refractivity contribution in [2.45, 2.75) is 19.9 Å². The van der Waals surface area contributed by atoms with Gasteiger partial charge in [0.05, 0.1) is 0 Å². The molecule has 0 radical (unpaired) electrons. The predicted octanol–water partition coefficient (Wildman–Crippen LogP) is 1.39. The molecule has 3 nitrogen and oxygen atoms in total. The molecular formula is C11H17N3. The van der Waals surface area contributed by atoms with E-state index in [0.29, 0.717) is 6.54 Å². The van der Waals surface area contributed by atoms with E-state index in [1.54, 1.807) is 0 Å². The van der Waals surface area contributed by atoms with Crippen LogP contribution >= 0.6 is 0 Å². The third-order valence-electron chi connectivity index (χ3n) is 2.79. The molecule has 2 heterocycles. The number of hydrogen-bond acceptors (Lipinski definition) is 3. The largest absolute Gasteiger partial charge is 0.356 e. The summed E-state index contributed by atoms with van der Waals surface area (Å²) in [6.45, 7) is 5.13. The van der Waals surface area contributed by atoms with E-state index in [1.807, 2.05) is 12.3 Å². The minimum absolute atomic E-state index is 0.596. The number of nitrogens with zero attached hydrogens (tertiary/aromatic N) is 2. The average molecular weight is 191 g/mol. The van der Waals surface area contributed by atoms with Crippen molar-refractivity contribution in [2.24, 2.45) is 11.7 Å². The van der Waals surface area contributed by atoms with Gasteiger partial charge in [-0.3, -0.25) is 0 Å². The van der Waals surface area contributed by atoms with Crippen LogP contribution in [0, 0.1) is 5.92 Å². The second-order valence-electron chi connectivity index (χ2n) is 4.07. The topological polar surface area (TPSA) is 42.1 Å². The SMILES string of the molecule is CC1CCN(c2cc(CN)ccn2)C1. The fourth-order valence-electron chi connectivity index (χ4n) is 1.90. The van der Waals surface area contributed by atoms with E-state index in [2.05, 4.69) is 22.9 Å². The molecule has 1 saturated heterocycles. The van der Waals surface area contributed by atoms with Crippen molar-refractivity contribution in [1.82, 2.24) is 4.98 Å². The van der Waals surface area contributed by atoms with Crippen LogP contribution in [0.4, 0.5) is 5.82 Å². The Morgan fingerprint density at radius 3 is 3.14 bits per heavy atom. The Morgan fingerprint density at radius 1 is 1.64 bits per heavy atom. The van der Waals surface area contributed by atoms with Gasteiger partial charge in [-0.15, -0.1) is 0 Å². The van der Waals surface area contributed by atoms with E-state index < -0.39 is 0 Å². The maximum Gasteiger partial charge on any atom is 0.128 e. The van der Waals surface area contributed by atoms with Gasteiger partial charge in [0, 0.05) is 25.8 Å². The zero-order valence-corrected chi connectivity index (χ0v) is 8.61. The Kier molecular flexibility index (Phi) is 2.68. The van der Waals surface area contributed by atoms with Gasteiger partial charge in [0.15, 0.2) is 0 Å². The van der Waals surface area contributed by atoms with Crippen LogP contribution in [0.3, 0.4) is 0 Å². The number of pyridine rings is 1. The monoisotopic (exact) mass is 191 g/mol. The van der Waals surface area contributed by atoms with E-state index in [1.165, 1.54) is 6.42 Å². The molecule has 76 valence electrons. The van der Waals surface area contributed by atoms with Crippen LogP contribution in [0.15, 0.2) is 18.3 Å². The number of aromatic nitrogens is 1. The normalized spacial score (nSPS) is 21.6. The summed E-state index contributed by atoms with van der Waals surface area (Å²) in [4.78, 5) is 6.71. The first-order valence-electron chi connectivity index (χ1n) is 5.19. The number of rotatable bonds is 2. The molecule has 1 atom stereocenters. The van der Waals surface area contributed by atoms with E-state index in [9.17, 15) is 0 Å². The van der Waals surface area contributed by atoms with E-state index in [0.717, 1.165) is 30.4 Å². The summed E-state index contributed by atoms with van der Waals surface area (Å²) < 4.78 is 0. The van der Waals surface area contributed by atoms with Crippen molar-refractivity contribution >= 4 is 5.82 Å². The number of hydrogen-bond donors (Lipinski definition) is 1. The lowest BCUT2D eigenvalue weighted by atomic mass is 10.2. The number of anilines is 1. The minimum atomic E-state index is 0.596. The van der Waals surface area contributed by atoms with Crippen molar-refractivity contribution in [3.63, 3.8) is 0 Å². The maximum atomic E-state index is 5.60. The first-order valence-corrected chi connectivity index (χ1v) is 5.19. The Bertz CT molecular complexity index is 311. The van der Waals surface area contributed by atoms with Gasteiger partial charge in [0.2, 0.25) is 0 Å². The summed E-state index contributed by atoms with van der Waals surface area (Å²) in [5.74, 6) is 1.87. The van der Waals surface area contributed by atoms with Crippen LogP contribution in [0.5, 0.6) is 0 Å². The van der Waals surface area contributed by atoms with Gasteiger partial charge in [0.25, 0.3) is 0 Å². The highest BCUT2D eigenvalue weighted by Gasteiger charge is 2.19. The molecule has 1 aromatic heterocycles. The molecule has 0 aromatic carbocycles. The summed E-state index contributed by atoms with van der Waals surface area (Å²) in [5.41, 5.74) is 6.76. The molecular weight excluding hydrogens is 174 g/mol. The Balaban J connectivity index is 2.15. The predicted molar refractivity (Wildman–Crippen MR) is 58.1 cm³/mol. The molecule has 2 rings (SSSR count). The van der Waals surface area contributed by atoms with E-state index >= 15 is 0 Å². The highest BCUT2D eigenvalue weighted by Crippen LogP contribution is 2.21. The molecule has 1 fully saturated rings. The smallest absolute Gasteiger partial charge is 0.128 e. The standard InChI is InChI=1S/C11H17N3/c1-9-3-5-14(8-9)11-6-10(7-12)2-4-13-11/h2,4,6,9H,3,5,7-8,12H2,1H3. The molecule has 0 saturated carbocycles. The zero-order chi connectivity index (χ0) is 9.97. The quantitative estimate of drug-likeness (QED) is 0.768. The lowest BCUT2D eigenvalue weighted by Crippen LogP contribution is -2.20. The third-order valence-corrected chi connectivity index (χ3v) is 2.79. The van der Waals surface area contributed by atoms with Gasteiger partial charge >= 0.3 is 0 Å². The summed E-state index contributed by atoms with van der Waals surface area (Å²) in [7, 11) is 0. The summed E-state index contributed by atoms with van der Waals surface area (Å²) >= 11 is 0. The molecule has 3 heteroatoms. The average Bonchev–Trinajstić information content (AvgIpc) is 2.65. The molecule has 0 spiro atoms. The van der Waals surface area contributed by atoms with Gasteiger partial charge < -0.3 is 10.6 Å². The molecule has 14 heavy (non-hydrogen) atoms. The number of nitrogens with two attached hydrogens (primary N) is 1. The highest BCUT2D eigenvalue weighted by molar-refractivity contribution is 5.41. The lowest BCUT2D eigenvalue weighted by molar-refractivity contribution is 0.659. The van der Waals surface area contributed by atoms with E-state index in [-0.39, 0.29) is 0 Å². The second-order valence-corrected chi connectivity index (χ2v) is 4.07. The molecule has 1 unspecified atom stereocenters. The van der Waals surface area contributed by atoms with Crippen LogP contribution in [0.25, 0.3) is 0 Å². The van der Waals surface area contributed by atoms with Crippen LogP contribution in [-0.4, -0.2) is 18.1 Å². The van der Waals surface area contributed by atoms with Crippen LogP contribution in [0.1, 0.15) is 18.9 Å². The Morgan fingerprint density at radius 2 is 2.50 bits per heavy atom. The summed E-state index contributed by atoms with van der Waals surface area (Å²) in [5, 5.41) is 0. The summed E-state index contributed by atoms with van der Waals surface area (Å²) in [6.07, 6.45) is 3.12. The van der Waals surface area contributed by atoms with Crippen molar-refractivity contribution in [3.05, 3.63) is 23.9 Å². The van der Waals surface area contributed by atoms with Gasteiger partial charge in [-0.05, 0) is 30.0 Å². The molecule has 0 amide bonds. The second kappa shape index (κ2) is 3.96. The van der Waals surface area contributed by atoms with Crippen LogP contribution < -0.4 is 10.6 Å². The fourth-order valence-corrected chi connectivity index (χ4v) is 1.90. The summed E-state index contributed by atoms with van der Waals surface area (Å²) in [6, 6.07) is 4.07. The van der Waals surface area contributed by atoms with Gasteiger partial charge in [-0.25, -0.2) is 4.98 Å². The van der Waals surface area contributed by atoms with Gasteiger partial charge in [-0.2, -0.15) is 0 Å². The highest BCUT2D eigenvalue weighted by atomic mass is 15.2. The first-order chi connectivity index (χ1) is 6.79. The van der Waals surface area contributed by atoms with Crippen molar-refractivity contribution in [2.75, 3.05) is 18.0 Å². The molecule has 0 aliphatic carbocycles. The molecule has 0 bridgehead atoms.